The highest BCUT2D eigenvalue weighted by Crippen LogP contribution is 2.38. The van der Waals surface area contributed by atoms with Crippen LogP contribution in [0.3, 0.4) is 0 Å². The second-order valence-corrected chi connectivity index (χ2v) is 27.5. The van der Waals surface area contributed by atoms with Gasteiger partial charge < -0.3 is 28.5 Å². The highest BCUT2D eigenvalue weighted by molar-refractivity contribution is 7.45. The van der Waals surface area contributed by atoms with Crippen molar-refractivity contribution in [3.8, 4) is 0 Å². The summed E-state index contributed by atoms with van der Waals surface area (Å²) in [4.78, 5) is 40.2. The Kier molecular flexibility index (Phi) is 62.4. The van der Waals surface area contributed by atoms with Gasteiger partial charge in [0.15, 0.2) is 0 Å². The maximum atomic E-state index is 13.6. The van der Waals surface area contributed by atoms with E-state index in [0.717, 1.165) is 70.6 Å². The number of carbonyl (C=O) groups excluding carboxylic acids is 2. The van der Waals surface area contributed by atoms with Crippen molar-refractivity contribution in [3.63, 3.8) is 0 Å². The molecule has 3 atom stereocenters. The number of esters is 1. The SMILES string of the molecule is CCCCC/C=C\C/C=C\C/C=C\CCCCCCCCCCCCCCCCC(=O)OC(/C=C/CCCCCCCCCCCC)C(COP(=O)([O-])OCC[N+](C)(C)C)NC(=O)CCCCCCCCCCCCCCCCCCCCC. The number of hydrogen-bond donors (Lipinski definition) is 1. The molecule has 494 valence electrons. The summed E-state index contributed by atoms with van der Waals surface area (Å²) in [5.41, 5.74) is 0. The summed E-state index contributed by atoms with van der Waals surface area (Å²) in [7, 11) is 1.20. The fraction of sp³-hybridized carbons (Fsp3) is 0.865. The van der Waals surface area contributed by atoms with Crippen molar-refractivity contribution in [3.05, 3.63) is 48.6 Å². The van der Waals surface area contributed by atoms with Crippen LogP contribution in [-0.4, -0.2) is 69.4 Å². The number of unbranched alkanes of at least 4 members (excludes halogenated alkanes) is 45. The number of rotatable bonds is 67. The Balaban J connectivity index is 4.99. The molecule has 10 heteroatoms. The Morgan fingerprint density at radius 2 is 0.726 bits per heavy atom. The first kappa shape index (κ1) is 82.0. The number of carbonyl (C=O) groups is 2. The standard InChI is InChI=1S/C74H141N2O7P/c1-7-10-13-16-19-22-25-28-30-32-34-35-36-37-38-39-40-41-43-45-47-49-52-55-58-61-64-67-74(78)83-72(65-62-59-56-53-50-27-24-21-18-15-12-9-3)71(70-82-84(79,80)81-69-68-76(4,5)6)75-73(77)66-63-60-57-54-51-48-46-44-42-33-31-29-26-23-20-17-14-11-8-2/h19,22,28,30,34-35,62,65,71-72H,7-18,20-21,23-27,29,31-33,36-61,63-64,66-70H2,1-6H3,(H-,75,77,79,80)/b22-19-,30-28-,35-34-,65-62+. The molecule has 9 nitrogen and oxygen atoms in total. The minimum Gasteiger partial charge on any atom is -0.756 e. The smallest absolute Gasteiger partial charge is 0.306 e. The second-order valence-electron chi connectivity index (χ2n) is 26.1. The first-order chi connectivity index (χ1) is 40.9. The van der Waals surface area contributed by atoms with Gasteiger partial charge in [-0.05, 0) is 70.3 Å². The molecule has 0 aromatic heterocycles. The van der Waals surface area contributed by atoms with Crippen LogP contribution in [0.4, 0.5) is 0 Å². The quantitative estimate of drug-likeness (QED) is 0.0212. The molecule has 84 heavy (non-hydrogen) atoms. The van der Waals surface area contributed by atoms with Gasteiger partial charge in [-0.3, -0.25) is 14.2 Å². The van der Waals surface area contributed by atoms with Crippen molar-refractivity contribution in [2.24, 2.45) is 0 Å². The summed E-state index contributed by atoms with van der Waals surface area (Å²) in [5.74, 6) is -0.523. The van der Waals surface area contributed by atoms with E-state index < -0.39 is 20.0 Å². The number of nitrogens with zero attached hydrogens (tertiary/aromatic N) is 1. The number of hydrogen-bond acceptors (Lipinski definition) is 7. The van der Waals surface area contributed by atoms with Crippen molar-refractivity contribution < 1.29 is 37.3 Å². The van der Waals surface area contributed by atoms with Gasteiger partial charge in [-0.2, -0.15) is 0 Å². The van der Waals surface area contributed by atoms with Crippen LogP contribution in [0.1, 0.15) is 361 Å². The van der Waals surface area contributed by atoms with Crippen molar-refractivity contribution in [2.75, 3.05) is 40.9 Å². The highest BCUT2D eigenvalue weighted by atomic mass is 31.2. The molecule has 1 N–H and O–H groups in total. The molecule has 0 radical (unpaired) electrons. The Hall–Kier alpha value is -2.03. The predicted molar refractivity (Wildman–Crippen MR) is 363 cm³/mol. The summed E-state index contributed by atoms with van der Waals surface area (Å²) in [6.07, 6.45) is 80.9. The van der Waals surface area contributed by atoms with Crippen LogP contribution in [0.5, 0.6) is 0 Å². The largest absolute Gasteiger partial charge is 0.756 e. The minimum atomic E-state index is -4.70. The third-order valence-corrected chi connectivity index (χ3v) is 17.5. The Morgan fingerprint density at radius 3 is 1.11 bits per heavy atom. The number of likely N-dealkylation sites (N-methyl/N-ethyl adjacent to an activating group) is 1. The van der Waals surface area contributed by atoms with Crippen LogP contribution in [0.2, 0.25) is 0 Å². The molecular weight excluding hydrogens is 1060 g/mol. The number of amides is 1. The third kappa shape index (κ3) is 64.4. The molecule has 0 aromatic rings. The number of quaternary nitrogens is 1. The van der Waals surface area contributed by atoms with Gasteiger partial charge in [-0.15, -0.1) is 0 Å². The molecule has 0 bridgehead atoms. The van der Waals surface area contributed by atoms with Gasteiger partial charge in [-0.1, -0.05) is 327 Å². The fourth-order valence-electron chi connectivity index (χ4n) is 10.9. The molecule has 0 aliphatic heterocycles. The molecule has 0 aromatic carbocycles. The molecule has 0 fully saturated rings. The Morgan fingerprint density at radius 1 is 0.417 bits per heavy atom. The highest BCUT2D eigenvalue weighted by Gasteiger charge is 2.27. The summed E-state index contributed by atoms with van der Waals surface area (Å²) in [5, 5.41) is 3.05. The number of phosphoric acid groups is 1. The van der Waals surface area contributed by atoms with Crippen LogP contribution >= 0.6 is 7.82 Å². The third-order valence-electron chi connectivity index (χ3n) is 16.5. The maximum absolute atomic E-state index is 13.6. The number of nitrogens with one attached hydrogen (secondary N) is 1. The molecule has 0 rings (SSSR count). The van der Waals surface area contributed by atoms with Crippen LogP contribution in [0.25, 0.3) is 0 Å². The Bertz CT molecular complexity index is 1570. The average Bonchev–Trinajstić information content (AvgIpc) is 3.65. The molecule has 0 heterocycles. The van der Waals surface area contributed by atoms with E-state index >= 15 is 0 Å². The summed E-state index contributed by atoms with van der Waals surface area (Å²) in [6, 6.07) is -0.886. The van der Waals surface area contributed by atoms with Gasteiger partial charge in [0.2, 0.25) is 5.91 Å². The van der Waals surface area contributed by atoms with E-state index in [9.17, 15) is 19.0 Å². The monoisotopic (exact) mass is 1200 g/mol. The molecule has 0 aliphatic rings. The van der Waals surface area contributed by atoms with E-state index in [0.29, 0.717) is 17.4 Å². The van der Waals surface area contributed by atoms with E-state index in [1.165, 1.54) is 257 Å². The maximum Gasteiger partial charge on any atom is 0.306 e. The van der Waals surface area contributed by atoms with Crippen molar-refractivity contribution in [2.45, 2.75) is 373 Å². The Labute approximate surface area is 522 Å². The lowest BCUT2D eigenvalue weighted by atomic mass is 10.0. The summed E-state index contributed by atoms with van der Waals surface area (Å²) >= 11 is 0. The molecule has 0 saturated heterocycles. The minimum absolute atomic E-state index is 0.0199. The van der Waals surface area contributed by atoms with E-state index in [1.54, 1.807) is 0 Å². The lowest BCUT2D eigenvalue weighted by Crippen LogP contribution is -2.47. The number of allylic oxidation sites excluding steroid dienone is 7. The zero-order valence-corrected chi connectivity index (χ0v) is 57.5. The van der Waals surface area contributed by atoms with Crippen LogP contribution in [0.15, 0.2) is 48.6 Å². The molecule has 0 spiro atoms. The first-order valence-corrected chi connectivity index (χ1v) is 37.9. The molecule has 0 aliphatic carbocycles. The van der Waals surface area contributed by atoms with Gasteiger partial charge in [0.1, 0.15) is 19.3 Å². The molecule has 0 saturated carbocycles. The molecular formula is C74H141N2O7P. The van der Waals surface area contributed by atoms with Crippen LogP contribution < -0.4 is 10.2 Å². The van der Waals surface area contributed by atoms with Crippen molar-refractivity contribution >= 4 is 19.7 Å². The van der Waals surface area contributed by atoms with Crippen molar-refractivity contribution in [1.29, 1.82) is 0 Å². The van der Waals surface area contributed by atoms with Crippen LogP contribution in [0, 0.1) is 0 Å². The van der Waals surface area contributed by atoms with E-state index in [1.807, 2.05) is 33.3 Å². The van der Waals surface area contributed by atoms with E-state index in [2.05, 4.69) is 62.5 Å². The number of ether oxygens (including phenoxy) is 1. The normalized spacial score (nSPS) is 13.8. The summed E-state index contributed by atoms with van der Waals surface area (Å²) < 4.78 is 30.5. The second kappa shape index (κ2) is 64.0. The van der Waals surface area contributed by atoms with Gasteiger partial charge >= 0.3 is 5.97 Å². The molecule has 1 amide bonds. The van der Waals surface area contributed by atoms with E-state index in [-0.39, 0.29) is 31.5 Å². The van der Waals surface area contributed by atoms with Crippen molar-refractivity contribution in [1.82, 2.24) is 5.32 Å². The zero-order chi connectivity index (χ0) is 61.4. The lowest BCUT2D eigenvalue weighted by molar-refractivity contribution is -0.870. The van der Waals surface area contributed by atoms with Gasteiger partial charge in [0.05, 0.1) is 33.8 Å². The predicted octanol–water partition coefficient (Wildman–Crippen LogP) is 22.6. The fourth-order valence-corrected chi connectivity index (χ4v) is 11.6. The topological polar surface area (TPSA) is 114 Å². The summed E-state index contributed by atoms with van der Waals surface area (Å²) in [6.45, 7) is 6.87. The average molecular weight is 1200 g/mol. The zero-order valence-electron chi connectivity index (χ0n) is 56.6. The number of phosphoric ester groups is 1. The first-order valence-electron chi connectivity index (χ1n) is 36.4. The van der Waals surface area contributed by atoms with E-state index in [4.69, 9.17) is 13.8 Å². The lowest BCUT2D eigenvalue weighted by Gasteiger charge is -2.30. The molecule has 3 unspecified atom stereocenters. The van der Waals surface area contributed by atoms with Crippen LogP contribution in [-0.2, 0) is 27.9 Å². The van der Waals surface area contributed by atoms with Gasteiger partial charge in [-0.25, -0.2) is 0 Å². The van der Waals surface area contributed by atoms with Gasteiger partial charge in [0.25, 0.3) is 7.82 Å². The van der Waals surface area contributed by atoms with Gasteiger partial charge in [0, 0.05) is 12.8 Å².